The molecule has 0 atom stereocenters. The Morgan fingerprint density at radius 2 is 1.67 bits per heavy atom. The highest BCUT2D eigenvalue weighted by molar-refractivity contribution is 5.88. The van der Waals surface area contributed by atoms with E-state index in [9.17, 15) is 0 Å². The lowest BCUT2D eigenvalue weighted by molar-refractivity contribution is 0.271. The van der Waals surface area contributed by atoms with Gasteiger partial charge in [-0.25, -0.2) is 0 Å². The van der Waals surface area contributed by atoms with E-state index >= 15 is 0 Å². The Morgan fingerprint density at radius 3 is 2.33 bits per heavy atom. The normalized spacial score (nSPS) is 19.1. The van der Waals surface area contributed by atoms with Gasteiger partial charge in [0, 0.05) is 46.3 Å². The van der Waals surface area contributed by atoms with Crippen LogP contribution in [0.25, 0.3) is 11.0 Å². The Bertz CT molecular complexity index is 687. The third-order valence-electron chi connectivity index (χ3n) is 5.07. The molecule has 7 nitrogen and oxygen atoms in total. The summed E-state index contributed by atoms with van der Waals surface area (Å²) >= 11 is 0. The smallest absolute Gasteiger partial charge is 0.229 e. The average molecular weight is 352 g/mol. The molecule has 0 amide bonds. The van der Waals surface area contributed by atoms with E-state index < -0.39 is 0 Å². The number of fused-ring (bicyclic) bond motifs is 1. The van der Waals surface area contributed by atoms with Crippen LogP contribution in [0, 0.1) is 0 Å². The van der Waals surface area contributed by atoms with E-state index in [4.69, 9.17) is 9.97 Å². The Hall–Kier alpha value is -1.60. The topological polar surface area (TPSA) is 53.3 Å². The van der Waals surface area contributed by atoms with E-state index in [0.717, 1.165) is 68.6 Å². The fourth-order valence-electron chi connectivity index (χ4n) is 3.57. The number of aryl methyl sites for hydroxylation is 1. The first-order valence-electron chi connectivity index (χ1n) is 8.68. The minimum absolute atomic E-state index is 0. The fourth-order valence-corrected chi connectivity index (χ4v) is 3.57. The molecule has 2 fully saturated rings. The first kappa shape index (κ1) is 17.2. The maximum Gasteiger partial charge on any atom is 0.229 e. The molecule has 4 heterocycles. The summed E-state index contributed by atoms with van der Waals surface area (Å²) in [5.74, 6) is 1.92. The van der Waals surface area contributed by atoms with E-state index in [0.29, 0.717) is 0 Å². The van der Waals surface area contributed by atoms with E-state index in [1.165, 1.54) is 12.8 Å². The van der Waals surface area contributed by atoms with Gasteiger partial charge in [-0.3, -0.25) is 4.68 Å². The summed E-state index contributed by atoms with van der Waals surface area (Å²) in [5.41, 5.74) is 0.940. The summed E-state index contributed by atoms with van der Waals surface area (Å²) in [6.07, 6.45) is 4.37. The van der Waals surface area contributed by atoms with Crippen LogP contribution in [0.2, 0.25) is 0 Å². The zero-order valence-electron chi connectivity index (χ0n) is 14.5. The van der Waals surface area contributed by atoms with Crippen molar-refractivity contribution >= 4 is 35.2 Å². The van der Waals surface area contributed by atoms with Crippen LogP contribution in [0.15, 0.2) is 6.20 Å². The van der Waals surface area contributed by atoms with Crippen molar-refractivity contribution in [3.8, 4) is 0 Å². The van der Waals surface area contributed by atoms with Crippen molar-refractivity contribution in [1.29, 1.82) is 0 Å². The largest absolute Gasteiger partial charge is 0.353 e. The second kappa shape index (κ2) is 7.11. The van der Waals surface area contributed by atoms with Gasteiger partial charge in [0.25, 0.3) is 0 Å². The third kappa shape index (κ3) is 3.02. The van der Waals surface area contributed by atoms with Crippen LogP contribution < -0.4 is 9.80 Å². The number of rotatable bonds is 3. The fraction of sp³-hybridized carbons (Fsp3) is 0.688. The van der Waals surface area contributed by atoms with Gasteiger partial charge < -0.3 is 14.7 Å². The number of hydrogen-bond acceptors (Lipinski definition) is 6. The first-order chi connectivity index (χ1) is 11.3. The molecule has 132 valence electrons. The molecule has 0 aliphatic carbocycles. The van der Waals surface area contributed by atoms with Gasteiger partial charge in [-0.1, -0.05) is 6.92 Å². The van der Waals surface area contributed by atoms with E-state index in [1.807, 2.05) is 17.9 Å². The second-order valence-electron chi connectivity index (χ2n) is 6.47. The Kier molecular flexibility index (Phi) is 5.10. The maximum absolute atomic E-state index is 4.94. The summed E-state index contributed by atoms with van der Waals surface area (Å²) < 4.78 is 1.86. The monoisotopic (exact) mass is 351 g/mol. The highest BCUT2D eigenvalue weighted by Gasteiger charge is 2.24. The molecule has 0 bridgehead atoms. The molecule has 2 aliphatic rings. The van der Waals surface area contributed by atoms with Gasteiger partial charge in [0.15, 0.2) is 5.65 Å². The molecular weight excluding hydrogens is 326 g/mol. The predicted molar refractivity (Wildman–Crippen MR) is 99.3 cm³/mol. The molecule has 0 unspecified atom stereocenters. The van der Waals surface area contributed by atoms with Crippen LogP contribution in [-0.2, 0) is 7.05 Å². The average Bonchev–Trinajstić information content (AvgIpc) is 3.25. The Labute approximate surface area is 149 Å². The molecule has 4 rings (SSSR count). The minimum atomic E-state index is 0. The quantitative estimate of drug-likeness (QED) is 0.836. The van der Waals surface area contributed by atoms with Gasteiger partial charge in [0.05, 0.1) is 11.6 Å². The lowest BCUT2D eigenvalue weighted by Gasteiger charge is -2.35. The number of anilines is 2. The minimum Gasteiger partial charge on any atom is -0.353 e. The van der Waals surface area contributed by atoms with Crippen molar-refractivity contribution < 1.29 is 0 Å². The van der Waals surface area contributed by atoms with E-state index in [2.05, 4.69) is 26.7 Å². The van der Waals surface area contributed by atoms with E-state index in [1.54, 1.807) is 0 Å². The van der Waals surface area contributed by atoms with E-state index in [-0.39, 0.29) is 12.4 Å². The van der Waals surface area contributed by atoms with Gasteiger partial charge in [-0.05, 0) is 19.4 Å². The van der Waals surface area contributed by atoms with Crippen LogP contribution >= 0.6 is 12.4 Å². The molecule has 2 aromatic heterocycles. The molecule has 0 aromatic carbocycles. The Balaban J connectivity index is 0.00000169. The van der Waals surface area contributed by atoms with Crippen LogP contribution in [0.1, 0.15) is 19.8 Å². The third-order valence-corrected chi connectivity index (χ3v) is 5.07. The van der Waals surface area contributed by atoms with Gasteiger partial charge in [0.1, 0.15) is 5.82 Å². The van der Waals surface area contributed by atoms with Crippen LogP contribution in [0.4, 0.5) is 11.8 Å². The highest BCUT2D eigenvalue weighted by atomic mass is 35.5. The van der Waals surface area contributed by atoms with Crippen molar-refractivity contribution in [3.63, 3.8) is 0 Å². The standard InChI is InChI=1S/C16H25N7.ClH/c1-3-21-8-10-22(11-9-21)15-13-12-17-20(2)14(13)18-16(19-15)23-6-4-5-7-23;/h12H,3-11H2,1-2H3;1H. The molecular formula is C16H26ClN7. The number of hydrogen-bond donors (Lipinski definition) is 0. The van der Waals surface area contributed by atoms with Crippen molar-refractivity contribution in [2.75, 3.05) is 55.6 Å². The number of likely N-dealkylation sites (N-methyl/N-ethyl adjacent to an activating group) is 1. The predicted octanol–water partition coefficient (Wildman–Crippen LogP) is 1.53. The van der Waals surface area contributed by atoms with Crippen molar-refractivity contribution in [2.45, 2.75) is 19.8 Å². The van der Waals surface area contributed by atoms with Gasteiger partial charge in [-0.15, -0.1) is 12.4 Å². The van der Waals surface area contributed by atoms with Gasteiger partial charge >= 0.3 is 0 Å². The second-order valence-corrected chi connectivity index (χ2v) is 6.47. The van der Waals surface area contributed by atoms with Crippen molar-refractivity contribution in [2.24, 2.45) is 7.05 Å². The molecule has 2 aromatic rings. The SMILES string of the molecule is CCN1CCN(c2nc(N3CCCC3)nc3c2cnn3C)CC1.Cl. The van der Waals surface area contributed by atoms with Crippen LogP contribution in [0.5, 0.6) is 0 Å². The molecule has 0 radical (unpaired) electrons. The number of halogens is 1. The molecule has 0 spiro atoms. The van der Waals surface area contributed by atoms with Gasteiger partial charge in [-0.2, -0.15) is 15.1 Å². The van der Waals surface area contributed by atoms with Crippen molar-refractivity contribution in [1.82, 2.24) is 24.6 Å². The summed E-state index contributed by atoms with van der Waals surface area (Å²) in [4.78, 5) is 16.9. The summed E-state index contributed by atoms with van der Waals surface area (Å²) in [6.45, 7) is 9.72. The molecule has 2 saturated heterocycles. The zero-order valence-corrected chi connectivity index (χ0v) is 15.3. The molecule has 24 heavy (non-hydrogen) atoms. The first-order valence-corrected chi connectivity index (χ1v) is 8.68. The Morgan fingerprint density at radius 1 is 0.958 bits per heavy atom. The molecule has 2 aliphatic heterocycles. The number of aromatic nitrogens is 4. The molecule has 8 heteroatoms. The number of nitrogens with zero attached hydrogens (tertiary/aromatic N) is 7. The van der Waals surface area contributed by atoms with Gasteiger partial charge in [0.2, 0.25) is 5.95 Å². The summed E-state index contributed by atoms with van der Waals surface area (Å²) in [5, 5.41) is 5.48. The molecule has 0 saturated carbocycles. The van der Waals surface area contributed by atoms with Crippen molar-refractivity contribution in [3.05, 3.63) is 6.20 Å². The highest BCUT2D eigenvalue weighted by Crippen LogP contribution is 2.28. The van der Waals surface area contributed by atoms with Crippen LogP contribution in [0.3, 0.4) is 0 Å². The van der Waals surface area contributed by atoms with Crippen LogP contribution in [-0.4, -0.2) is 70.5 Å². The summed E-state index contributed by atoms with van der Waals surface area (Å²) in [6, 6.07) is 0. The zero-order chi connectivity index (χ0) is 15.8. The lowest BCUT2D eigenvalue weighted by Crippen LogP contribution is -2.46. The summed E-state index contributed by atoms with van der Waals surface area (Å²) in [7, 11) is 1.96. The lowest BCUT2D eigenvalue weighted by atomic mass is 10.3. The number of piperazine rings is 1. The molecule has 0 N–H and O–H groups in total. The maximum atomic E-state index is 4.94.